The molecule has 0 spiro atoms. The lowest BCUT2D eigenvalue weighted by molar-refractivity contribution is 0.0768. The van der Waals surface area contributed by atoms with Crippen LogP contribution in [0.15, 0.2) is 108 Å². The SMILES string of the molecule is CC1=Nc2ccccc2C1C(c1ccccn1)N1CCN(C(C2=C(C)Cc3ccccc32)c2ccccn2)CC1. The Labute approximate surface area is 236 Å². The van der Waals surface area contributed by atoms with Gasteiger partial charge in [0.2, 0.25) is 0 Å². The summed E-state index contributed by atoms with van der Waals surface area (Å²) in [4.78, 5) is 20.0. The smallest absolute Gasteiger partial charge is 0.0782 e. The molecule has 0 N–H and O–H groups in total. The summed E-state index contributed by atoms with van der Waals surface area (Å²) in [6, 6.07) is 30.5. The number of para-hydroxylation sites is 1. The van der Waals surface area contributed by atoms with Crippen molar-refractivity contribution in [1.82, 2.24) is 19.8 Å². The minimum Gasteiger partial charge on any atom is -0.291 e. The molecule has 5 nitrogen and oxygen atoms in total. The van der Waals surface area contributed by atoms with Gasteiger partial charge >= 0.3 is 0 Å². The lowest BCUT2D eigenvalue weighted by atomic mass is 9.85. The van der Waals surface area contributed by atoms with Crippen LogP contribution in [0.2, 0.25) is 0 Å². The molecule has 200 valence electrons. The fourth-order valence-corrected chi connectivity index (χ4v) is 7.11. The Morgan fingerprint density at radius 1 is 0.700 bits per heavy atom. The van der Waals surface area contributed by atoms with Crippen LogP contribution in [0.5, 0.6) is 0 Å². The van der Waals surface area contributed by atoms with Crippen molar-refractivity contribution in [1.29, 1.82) is 0 Å². The van der Waals surface area contributed by atoms with Crippen molar-refractivity contribution in [2.45, 2.75) is 38.3 Å². The highest BCUT2D eigenvalue weighted by molar-refractivity contribution is 5.97. The maximum absolute atomic E-state index is 4.98. The highest BCUT2D eigenvalue weighted by atomic mass is 15.3. The highest BCUT2D eigenvalue weighted by Gasteiger charge is 2.40. The maximum atomic E-state index is 4.98. The first-order chi connectivity index (χ1) is 19.7. The van der Waals surface area contributed by atoms with E-state index >= 15 is 0 Å². The maximum Gasteiger partial charge on any atom is 0.0782 e. The fraction of sp³-hybridized carbons (Fsp3) is 0.286. The number of fused-ring (bicyclic) bond motifs is 2. The summed E-state index contributed by atoms with van der Waals surface area (Å²) in [6.45, 7) is 8.34. The molecule has 1 fully saturated rings. The van der Waals surface area contributed by atoms with Gasteiger partial charge in [0.05, 0.1) is 29.2 Å². The molecule has 3 unspecified atom stereocenters. The molecule has 1 aliphatic carbocycles. The molecule has 5 heteroatoms. The fourth-order valence-electron chi connectivity index (χ4n) is 7.11. The van der Waals surface area contributed by atoms with Gasteiger partial charge in [0.1, 0.15) is 0 Å². The third kappa shape index (κ3) is 4.40. The van der Waals surface area contributed by atoms with Gasteiger partial charge in [-0.2, -0.15) is 0 Å². The van der Waals surface area contributed by atoms with Crippen molar-refractivity contribution in [2.24, 2.45) is 4.99 Å². The normalized spacial score (nSPS) is 20.6. The van der Waals surface area contributed by atoms with Crippen LogP contribution in [0.3, 0.4) is 0 Å². The number of piperazine rings is 1. The molecule has 0 radical (unpaired) electrons. The molecule has 40 heavy (non-hydrogen) atoms. The number of allylic oxidation sites excluding steroid dienone is 1. The molecular weight excluding hydrogens is 490 g/mol. The number of nitrogens with zero attached hydrogens (tertiary/aromatic N) is 5. The number of rotatable bonds is 6. The van der Waals surface area contributed by atoms with E-state index in [1.54, 1.807) is 0 Å². The summed E-state index contributed by atoms with van der Waals surface area (Å²) in [7, 11) is 0. The minimum atomic E-state index is 0.149. The second kappa shape index (κ2) is 10.6. The van der Waals surface area contributed by atoms with Gasteiger partial charge in [-0.05, 0) is 72.9 Å². The lowest BCUT2D eigenvalue weighted by Gasteiger charge is -2.44. The van der Waals surface area contributed by atoms with E-state index in [9.17, 15) is 0 Å². The van der Waals surface area contributed by atoms with Gasteiger partial charge in [-0.15, -0.1) is 0 Å². The molecule has 3 aliphatic rings. The predicted octanol–water partition coefficient (Wildman–Crippen LogP) is 6.80. The van der Waals surface area contributed by atoms with Crippen LogP contribution in [0, 0.1) is 0 Å². The van der Waals surface area contributed by atoms with Crippen molar-refractivity contribution in [2.75, 3.05) is 26.2 Å². The zero-order chi connectivity index (χ0) is 27.1. The monoisotopic (exact) mass is 525 g/mol. The van der Waals surface area contributed by atoms with Crippen LogP contribution in [0.4, 0.5) is 5.69 Å². The molecule has 0 amide bonds. The van der Waals surface area contributed by atoms with Gasteiger partial charge in [-0.1, -0.05) is 60.2 Å². The Kier molecular flexibility index (Phi) is 6.62. The van der Waals surface area contributed by atoms with Gasteiger partial charge in [-0.3, -0.25) is 24.8 Å². The highest BCUT2D eigenvalue weighted by Crippen LogP contribution is 2.47. The predicted molar refractivity (Wildman–Crippen MR) is 162 cm³/mol. The summed E-state index contributed by atoms with van der Waals surface area (Å²) in [6.07, 6.45) is 4.89. The van der Waals surface area contributed by atoms with E-state index in [0.717, 1.165) is 49.7 Å². The largest absolute Gasteiger partial charge is 0.291 e. The average molecular weight is 526 g/mol. The van der Waals surface area contributed by atoms with E-state index in [4.69, 9.17) is 15.0 Å². The first-order valence-electron chi connectivity index (χ1n) is 14.4. The zero-order valence-electron chi connectivity index (χ0n) is 23.2. The number of hydrogen-bond donors (Lipinski definition) is 0. The Morgan fingerprint density at radius 3 is 2.10 bits per heavy atom. The van der Waals surface area contributed by atoms with E-state index in [2.05, 4.69) is 96.4 Å². The molecule has 2 aliphatic heterocycles. The van der Waals surface area contributed by atoms with Gasteiger partial charge < -0.3 is 0 Å². The quantitative estimate of drug-likeness (QED) is 0.278. The van der Waals surface area contributed by atoms with Crippen molar-refractivity contribution >= 4 is 17.0 Å². The first kappa shape index (κ1) is 25.1. The topological polar surface area (TPSA) is 44.6 Å². The van der Waals surface area contributed by atoms with Gasteiger partial charge in [0.25, 0.3) is 0 Å². The Balaban J connectivity index is 1.21. The number of benzene rings is 2. The van der Waals surface area contributed by atoms with Crippen molar-refractivity contribution in [3.63, 3.8) is 0 Å². The van der Waals surface area contributed by atoms with Crippen LogP contribution in [0.25, 0.3) is 5.57 Å². The molecule has 4 heterocycles. The molecule has 0 saturated carbocycles. The van der Waals surface area contributed by atoms with Gasteiger partial charge in [0, 0.05) is 50.2 Å². The van der Waals surface area contributed by atoms with Crippen LogP contribution >= 0.6 is 0 Å². The lowest BCUT2D eigenvalue weighted by Crippen LogP contribution is -2.50. The van der Waals surface area contributed by atoms with Gasteiger partial charge in [0.15, 0.2) is 0 Å². The van der Waals surface area contributed by atoms with Crippen LogP contribution in [-0.4, -0.2) is 51.7 Å². The molecule has 1 saturated heterocycles. The van der Waals surface area contributed by atoms with E-state index in [0.29, 0.717) is 0 Å². The third-order valence-corrected chi connectivity index (χ3v) is 8.90. The van der Waals surface area contributed by atoms with E-state index in [1.165, 1.54) is 33.5 Å². The molecule has 2 aromatic carbocycles. The molecule has 4 aromatic rings. The summed E-state index contributed by atoms with van der Waals surface area (Å²) in [5.74, 6) is 0.205. The van der Waals surface area contributed by atoms with E-state index < -0.39 is 0 Å². The van der Waals surface area contributed by atoms with Crippen molar-refractivity contribution < 1.29 is 0 Å². The number of aliphatic imine (C=N–C) groups is 1. The molecule has 3 atom stereocenters. The van der Waals surface area contributed by atoms with E-state index in [1.807, 2.05) is 24.5 Å². The van der Waals surface area contributed by atoms with Crippen molar-refractivity contribution in [3.05, 3.63) is 131 Å². The molecule has 0 bridgehead atoms. The Bertz CT molecular complexity index is 1570. The zero-order valence-corrected chi connectivity index (χ0v) is 23.2. The second-order valence-electron chi connectivity index (χ2n) is 11.2. The van der Waals surface area contributed by atoms with Gasteiger partial charge in [-0.25, -0.2) is 0 Å². The molecule has 2 aromatic heterocycles. The third-order valence-electron chi connectivity index (χ3n) is 8.90. The number of hydrogen-bond acceptors (Lipinski definition) is 5. The van der Waals surface area contributed by atoms with Crippen LogP contribution < -0.4 is 0 Å². The second-order valence-corrected chi connectivity index (χ2v) is 11.2. The van der Waals surface area contributed by atoms with Crippen LogP contribution in [0.1, 0.15) is 59.9 Å². The number of aromatic nitrogens is 2. The minimum absolute atomic E-state index is 0.149. The molecular formula is C35H35N5. The first-order valence-corrected chi connectivity index (χ1v) is 14.4. The Morgan fingerprint density at radius 2 is 1.35 bits per heavy atom. The summed E-state index contributed by atoms with van der Waals surface area (Å²) >= 11 is 0. The molecule has 7 rings (SSSR count). The number of pyridine rings is 2. The summed E-state index contributed by atoms with van der Waals surface area (Å²) in [5.41, 5.74) is 11.6. The van der Waals surface area contributed by atoms with Crippen LogP contribution in [-0.2, 0) is 6.42 Å². The van der Waals surface area contributed by atoms with E-state index in [-0.39, 0.29) is 18.0 Å². The van der Waals surface area contributed by atoms with Crippen molar-refractivity contribution in [3.8, 4) is 0 Å². The standard InChI is InChI=1S/C35H35N5/c1-24-23-26-11-3-4-12-27(26)32(24)34(30-15-7-9-17-36-30)39-19-21-40(22-20-39)35(31-16-8-10-18-37-31)33-25(2)38-29-14-6-5-13-28(29)33/h3-18,33-35H,19-23H2,1-2H3. The average Bonchev–Trinajstić information content (AvgIpc) is 3.51. The Hall–Kier alpha value is -3.93. The summed E-state index contributed by atoms with van der Waals surface area (Å²) in [5, 5.41) is 0. The summed E-state index contributed by atoms with van der Waals surface area (Å²) < 4.78 is 0.